The van der Waals surface area contributed by atoms with Crippen LogP contribution in [0.15, 0.2) is 48.5 Å². The van der Waals surface area contributed by atoms with E-state index in [0.717, 1.165) is 22.5 Å². The predicted octanol–water partition coefficient (Wildman–Crippen LogP) is 3.69. The number of nitrogens with zero attached hydrogens (tertiary/aromatic N) is 4. The van der Waals surface area contributed by atoms with Gasteiger partial charge in [0.15, 0.2) is 5.69 Å². The van der Waals surface area contributed by atoms with Crippen LogP contribution in [0.25, 0.3) is 5.69 Å². The van der Waals surface area contributed by atoms with Crippen molar-refractivity contribution < 1.29 is 0 Å². The smallest absolute Gasteiger partial charge is 0.186 e. The lowest BCUT2D eigenvalue weighted by Gasteiger charge is -2.09. The first-order valence-corrected chi connectivity index (χ1v) is 7.22. The minimum Gasteiger partial charge on any atom is -0.216 e. The van der Waals surface area contributed by atoms with Gasteiger partial charge in [-0.3, -0.25) is 0 Å². The quantitative estimate of drug-likeness (QED) is 0.741. The topological polar surface area (TPSA) is 54.5 Å². The Kier molecular flexibility index (Phi) is 3.90. The molecule has 2 aromatic carbocycles. The molecule has 0 amide bonds. The average Bonchev–Trinajstić information content (AvgIpc) is 2.92. The maximum atomic E-state index is 9.28. The highest BCUT2D eigenvalue weighted by atomic mass is 35.5. The molecule has 1 heterocycles. The minimum absolute atomic E-state index is 0.346. The highest BCUT2D eigenvalue weighted by molar-refractivity contribution is 6.30. The van der Waals surface area contributed by atoms with Crippen molar-refractivity contribution in [3.8, 4) is 11.8 Å². The molecule has 3 rings (SSSR count). The van der Waals surface area contributed by atoms with E-state index in [1.54, 1.807) is 4.68 Å². The molecule has 0 fully saturated rings. The minimum atomic E-state index is 0.346. The van der Waals surface area contributed by atoms with Crippen molar-refractivity contribution >= 4 is 11.6 Å². The number of rotatable bonds is 3. The number of hydrogen-bond acceptors (Lipinski definition) is 3. The van der Waals surface area contributed by atoms with Gasteiger partial charge in [0.1, 0.15) is 6.07 Å². The summed E-state index contributed by atoms with van der Waals surface area (Å²) in [6.07, 6.45) is 0.571. The first kappa shape index (κ1) is 14.3. The largest absolute Gasteiger partial charge is 0.216 e. The summed E-state index contributed by atoms with van der Waals surface area (Å²) in [7, 11) is 0. The number of halogens is 1. The van der Waals surface area contributed by atoms with Crippen LogP contribution in [-0.4, -0.2) is 15.0 Å². The molecule has 0 bridgehead atoms. The van der Waals surface area contributed by atoms with Crippen LogP contribution in [0.1, 0.15) is 22.5 Å². The van der Waals surface area contributed by atoms with Crippen molar-refractivity contribution in [1.29, 1.82) is 5.26 Å². The lowest BCUT2D eigenvalue weighted by atomic mass is 10.1. The SMILES string of the molecule is Cc1ccccc1-n1nnc(C#N)c1Cc1ccc(Cl)cc1. The van der Waals surface area contributed by atoms with Crippen LogP contribution in [0.4, 0.5) is 0 Å². The van der Waals surface area contributed by atoms with Crippen LogP contribution in [0.5, 0.6) is 0 Å². The van der Waals surface area contributed by atoms with Crippen LogP contribution in [0, 0.1) is 18.3 Å². The summed E-state index contributed by atoms with van der Waals surface area (Å²) < 4.78 is 1.74. The maximum absolute atomic E-state index is 9.28. The molecule has 0 spiro atoms. The Labute approximate surface area is 133 Å². The van der Waals surface area contributed by atoms with Crippen LogP contribution in [-0.2, 0) is 6.42 Å². The molecule has 0 saturated heterocycles. The molecule has 0 aliphatic heterocycles. The summed E-state index contributed by atoms with van der Waals surface area (Å²) in [4.78, 5) is 0. The van der Waals surface area contributed by atoms with E-state index in [4.69, 9.17) is 11.6 Å². The van der Waals surface area contributed by atoms with E-state index in [-0.39, 0.29) is 0 Å². The van der Waals surface area contributed by atoms with E-state index in [2.05, 4.69) is 16.4 Å². The van der Waals surface area contributed by atoms with Gasteiger partial charge in [-0.15, -0.1) is 5.10 Å². The fourth-order valence-electron chi connectivity index (χ4n) is 2.34. The van der Waals surface area contributed by atoms with E-state index in [1.165, 1.54) is 0 Å². The van der Waals surface area contributed by atoms with Crippen molar-refractivity contribution in [2.24, 2.45) is 0 Å². The Hall–Kier alpha value is -2.64. The van der Waals surface area contributed by atoms with Gasteiger partial charge in [0.05, 0.1) is 11.4 Å². The molecule has 5 heteroatoms. The summed E-state index contributed by atoms with van der Waals surface area (Å²) in [6, 6.07) is 17.6. The maximum Gasteiger partial charge on any atom is 0.186 e. The van der Waals surface area contributed by atoms with Gasteiger partial charge in [0.25, 0.3) is 0 Å². The van der Waals surface area contributed by atoms with Crippen LogP contribution in [0.3, 0.4) is 0 Å². The normalized spacial score (nSPS) is 10.4. The Morgan fingerprint density at radius 1 is 1.14 bits per heavy atom. The molecule has 0 radical (unpaired) electrons. The van der Waals surface area contributed by atoms with E-state index >= 15 is 0 Å². The van der Waals surface area contributed by atoms with Crippen molar-refractivity contribution in [2.75, 3.05) is 0 Å². The number of nitriles is 1. The summed E-state index contributed by atoms with van der Waals surface area (Å²) >= 11 is 5.92. The number of hydrogen-bond donors (Lipinski definition) is 0. The predicted molar refractivity (Wildman–Crippen MR) is 85.1 cm³/mol. The second kappa shape index (κ2) is 6.00. The summed E-state index contributed by atoms with van der Waals surface area (Å²) in [6.45, 7) is 2.01. The number of aryl methyl sites for hydroxylation is 1. The molecule has 0 unspecified atom stereocenters. The zero-order valence-electron chi connectivity index (χ0n) is 12.0. The number of benzene rings is 2. The molecule has 0 aliphatic carbocycles. The molecule has 108 valence electrons. The Morgan fingerprint density at radius 3 is 2.55 bits per heavy atom. The van der Waals surface area contributed by atoms with Crippen molar-refractivity contribution in [3.63, 3.8) is 0 Å². The first-order chi connectivity index (χ1) is 10.7. The second-order valence-electron chi connectivity index (χ2n) is 5.00. The first-order valence-electron chi connectivity index (χ1n) is 6.84. The van der Waals surface area contributed by atoms with Gasteiger partial charge in [-0.25, -0.2) is 4.68 Å². The van der Waals surface area contributed by atoms with Gasteiger partial charge in [-0.2, -0.15) is 5.26 Å². The standard InChI is InChI=1S/C17H13ClN4/c1-12-4-2-3-5-16(12)22-17(15(11-19)20-21-22)10-13-6-8-14(18)9-7-13/h2-9H,10H2,1H3. The third-order valence-electron chi connectivity index (χ3n) is 3.50. The Morgan fingerprint density at radius 2 is 1.86 bits per heavy atom. The van der Waals surface area contributed by atoms with Gasteiger partial charge >= 0.3 is 0 Å². The molecular formula is C17H13ClN4. The van der Waals surface area contributed by atoms with Crippen LogP contribution >= 0.6 is 11.6 Å². The molecular weight excluding hydrogens is 296 g/mol. The van der Waals surface area contributed by atoms with E-state index in [1.807, 2.05) is 55.5 Å². The molecule has 4 nitrogen and oxygen atoms in total. The third kappa shape index (κ3) is 2.72. The van der Waals surface area contributed by atoms with Crippen molar-refractivity contribution in [3.05, 3.63) is 76.1 Å². The zero-order chi connectivity index (χ0) is 15.5. The van der Waals surface area contributed by atoms with E-state index < -0.39 is 0 Å². The third-order valence-corrected chi connectivity index (χ3v) is 3.75. The van der Waals surface area contributed by atoms with E-state index in [9.17, 15) is 5.26 Å². The lowest BCUT2D eigenvalue weighted by Crippen LogP contribution is -2.05. The van der Waals surface area contributed by atoms with Gasteiger partial charge in [-0.05, 0) is 36.2 Å². The Bertz CT molecular complexity index is 844. The average molecular weight is 309 g/mol. The molecule has 0 saturated carbocycles. The lowest BCUT2D eigenvalue weighted by molar-refractivity contribution is 0.768. The molecule has 1 aromatic heterocycles. The zero-order valence-corrected chi connectivity index (χ0v) is 12.7. The summed E-state index contributed by atoms with van der Waals surface area (Å²) in [5.74, 6) is 0. The second-order valence-corrected chi connectivity index (χ2v) is 5.43. The summed E-state index contributed by atoms with van der Waals surface area (Å²) in [5, 5.41) is 18.1. The number of para-hydroxylation sites is 1. The monoisotopic (exact) mass is 308 g/mol. The molecule has 0 N–H and O–H groups in total. The van der Waals surface area contributed by atoms with Crippen LogP contribution < -0.4 is 0 Å². The van der Waals surface area contributed by atoms with Crippen molar-refractivity contribution in [1.82, 2.24) is 15.0 Å². The van der Waals surface area contributed by atoms with Crippen molar-refractivity contribution in [2.45, 2.75) is 13.3 Å². The fourth-order valence-corrected chi connectivity index (χ4v) is 2.46. The van der Waals surface area contributed by atoms with Gasteiger partial charge in [-0.1, -0.05) is 47.1 Å². The van der Waals surface area contributed by atoms with Gasteiger partial charge < -0.3 is 0 Å². The highest BCUT2D eigenvalue weighted by Gasteiger charge is 2.15. The molecule has 3 aromatic rings. The van der Waals surface area contributed by atoms with Crippen LogP contribution in [0.2, 0.25) is 5.02 Å². The molecule has 22 heavy (non-hydrogen) atoms. The summed E-state index contributed by atoms with van der Waals surface area (Å²) in [5.41, 5.74) is 4.19. The Balaban J connectivity index is 2.07. The van der Waals surface area contributed by atoms with E-state index in [0.29, 0.717) is 17.1 Å². The van der Waals surface area contributed by atoms with Gasteiger partial charge in [0.2, 0.25) is 0 Å². The molecule has 0 aliphatic rings. The number of aromatic nitrogens is 3. The molecule has 0 atom stereocenters. The fraction of sp³-hybridized carbons (Fsp3) is 0.118. The van der Waals surface area contributed by atoms with Gasteiger partial charge in [0, 0.05) is 11.4 Å². The highest BCUT2D eigenvalue weighted by Crippen LogP contribution is 2.20.